The number of carbonyl (C=O) groups is 4. The molecule has 2 aliphatic rings. The number of halogens is 4. The molecule has 0 heterocycles. The lowest BCUT2D eigenvalue weighted by molar-refractivity contribution is 0.0464. The Morgan fingerprint density at radius 1 is 0.333 bits per heavy atom. The zero-order chi connectivity index (χ0) is 51.7. The third-order valence-electron chi connectivity index (χ3n) is 12.8. The van der Waals surface area contributed by atoms with Crippen LogP contribution in [0.5, 0.6) is 0 Å². The predicted molar refractivity (Wildman–Crippen MR) is 297 cm³/mol. The molecule has 0 unspecified atom stereocenters. The first-order valence-corrected chi connectivity index (χ1v) is 25.6. The zero-order valence-electron chi connectivity index (χ0n) is 39.9. The fourth-order valence-electron chi connectivity index (χ4n) is 8.90. The van der Waals surface area contributed by atoms with Crippen molar-refractivity contribution in [2.75, 3.05) is 13.2 Å². The molecule has 0 spiro atoms. The minimum Gasteiger partial charge on any atom is -0.462 e. The molecule has 0 saturated heterocycles. The number of fused-ring (bicyclic) bond motifs is 6. The second-order valence-electron chi connectivity index (χ2n) is 17.8. The Morgan fingerprint density at radius 3 is 0.867 bits per heavy atom. The summed E-state index contributed by atoms with van der Waals surface area (Å²) in [6.45, 7) is 0.958. The summed E-state index contributed by atoms with van der Waals surface area (Å²) in [4.78, 5) is 50.8. The number of benzene rings is 8. The van der Waals surface area contributed by atoms with E-state index in [2.05, 4.69) is 24.3 Å². The third kappa shape index (κ3) is 12.7. The molecule has 0 aromatic heterocycles. The summed E-state index contributed by atoms with van der Waals surface area (Å²) in [5.41, 5.74) is 11.2. The number of carbonyl (C=O) groups excluding carboxylic acids is 4. The van der Waals surface area contributed by atoms with Crippen molar-refractivity contribution in [1.29, 1.82) is 0 Å². The maximum absolute atomic E-state index is 12.7. The fraction of sp³-hybridized carbons (Fsp3) is 0.175. The largest absolute Gasteiger partial charge is 0.462 e. The molecular weight excluding hydrogens is 1030 g/mol. The molecule has 8 nitrogen and oxygen atoms in total. The van der Waals surface area contributed by atoms with Gasteiger partial charge in [0.1, 0.15) is 13.2 Å². The van der Waals surface area contributed by atoms with Crippen molar-refractivity contribution < 1.29 is 38.1 Å². The summed E-state index contributed by atoms with van der Waals surface area (Å²) in [5.74, 6) is -1.79. The van der Waals surface area contributed by atoms with Gasteiger partial charge in [-0.05, 0) is 119 Å². The quantitative estimate of drug-likeness (QED) is 0.0408. The van der Waals surface area contributed by atoms with Crippen molar-refractivity contribution in [3.05, 3.63) is 261 Å². The molecule has 380 valence electrons. The average Bonchev–Trinajstić information content (AvgIpc) is 3.83. The number of rotatable bonds is 16. The molecule has 0 atom stereocenters. The van der Waals surface area contributed by atoms with Gasteiger partial charge in [0, 0.05) is 22.3 Å². The van der Waals surface area contributed by atoms with Crippen molar-refractivity contribution >= 4 is 70.3 Å². The highest BCUT2D eigenvalue weighted by molar-refractivity contribution is 6.52. The molecule has 12 heteroatoms. The summed E-state index contributed by atoms with van der Waals surface area (Å²) in [7, 11) is 0. The number of alkyl halides is 4. The summed E-state index contributed by atoms with van der Waals surface area (Å²) >= 11 is 27.2. The standard InChI is InChI=1S/C33H28Cl2O4.C29H20Cl2O4.CH4/c34-33(35)29-21-25(31(36)38-19-7-13-23-9-3-1-4-10-23)15-17-27(29)28-18-16-26(22-30(28)33)32(37)39-20-8-14-24-11-5-2-6-12-24;30-29(31)25-15-21(27(32)34-17-19-7-3-1-4-8-19)11-13-23(25)24-14-12-22(16-26(24)29)28(33)35-18-20-9-5-2-6-10-20;/h1-6,9-12,15-18,21-22H,7-8,13-14,19-20H2;1-16H,17-18H2;1H4. The summed E-state index contributed by atoms with van der Waals surface area (Å²) < 4.78 is 19.0. The minimum atomic E-state index is -1.43. The van der Waals surface area contributed by atoms with E-state index in [1.165, 1.54) is 11.1 Å². The van der Waals surface area contributed by atoms with Crippen LogP contribution in [-0.4, -0.2) is 37.1 Å². The molecule has 0 amide bonds. The number of ether oxygens (including phenoxy) is 4. The number of hydrogen-bond acceptors (Lipinski definition) is 8. The van der Waals surface area contributed by atoms with E-state index < -0.39 is 32.5 Å². The van der Waals surface area contributed by atoms with E-state index in [1.54, 1.807) is 60.7 Å². The molecule has 0 aliphatic heterocycles. The lowest BCUT2D eigenvalue weighted by Crippen LogP contribution is -2.12. The van der Waals surface area contributed by atoms with Gasteiger partial charge in [-0.2, -0.15) is 0 Å². The third-order valence-corrected chi connectivity index (χ3v) is 14.4. The second kappa shape index (κ2) is 24.4. The first kappa shape index (κ1) is 54.1. The minimum absolute atomic E-state index is 0. The molecule has 2 aliphatic carbocycles. The number of aryl methyl sites for hydroxylation is 2. The van der Waals surface area contributed by atoms with Crippen LogP contribution in [0.4, 0.5) is 0 Å². The highest BCUT2D eigenvalue weighted by atomic mass is 35.5. The van der Waals surface area contributed by atoms with Gasteiger partial charge in [0.2, 0.25) is 0 Å². The van der Waals surface area contributed by atoms with E-state index in [4.69, 9.17) is 65.4 Å². The van der Waals surface area contributed by atoms with Gasteiger partial charge in [-0.3, -0.25) is 0 Å². The van der Waals surface area contributed by atoms with Gasteiger partial charge in [-0.1, -0.05) is 199 Å². The van der Waals surface area contributed by atoms with E-state index in [0.717, 1.165) is 59.1 Å². The lowest BCUT2D eigenvalue weighted by Gasteiger charge is -2.17. The molecule has 10 rings (SSSR count). The highest BCUT2D eigenvalue weighted by Crippen LogP contribution is 2.56. The van der Waals surface area contributed by atoms with Crippen LogP contribution < -0.4 is 0 Å². The lowest BCUT2D eigenvalue weighted by atomic mass is 10.0. The van der Waals surface area contributed by atoms with E-state index in [9.17, 15) is 19.2 Å². The van der Waals surface area contributed by atoms with Gasteiger partial charge >= 0.3 is 23.9 Å². The van der Waals surface area contributed by atoms with Crippen molar-refractivity contribution in [3.63, 3.8) is 0 Å². The Kier molecular flexibility index (Phi) is 17.6. The van der Waals surface area contributed by atoms with Crippen LogP contribution in [0, 0.1) is 0 Å². The topological polar surface area (TPSA) is 105 Å². The van der Waals surface area contributed by atoms with E-state index in [-0.39, 0.29) is 20.6 Å². The van der Waals surface area contributed by atoms with Crippen LogP contribution in [0.25, 0.3) is 22.3 Å². The van der Waals surface area contributed by atoms with E-state index in [0.29, 0.717) is 57.7 Å². The predicted octanol–water partition coefficient (Wildman–Crippen LogP) is 15.6. The van der Waals surface area contributed by atoms with Gasteiger partial charge < -0.3 is 18.9 Å². The Bertz CT molecular complexity index is 3090. The van der Waals surface area contributed by atoms with Gasteiger partial charge in [0.15, 0.2) is 8.67 Å². The second-order valence-corrected chi connectivity index (χ2v) is 20.4. The Labute approximate surface area is 457 Å². The average molecular weight is 1080 g/mol. The zero-order valence-corrected chi connectivity index (χ0v) is 42.9. The van der Waals surface area contributed by atoms with Crippen LogP contribution in [0.15, 0.2) is 194 Å². The molecule has 75 heavy (non-hydrogen) atoms. The molecule has 0 radical (unpaired) electrons. The maximum atomic E-state index is 12.7. The molecular formula is C63H52Cl4O8. The summed E-state index contributed by atoms with van der Waals surface area (Å²) in [6, 6.07) is 59.7. The number of esters is 4. The Balaban J connectivity index is 0.000000198. The molecule has 0 saturated carbocycles. The van der Waals surface area contributed by atoms with E-state index >= 15 is 0 Å². The SMILES string of the molecule is C.O=C(OCCCc1ccccc1)c1ccc2c(c1)C(Cl)(Cl)c1cc(C(=O)OCCCc3ccccc3)ccc1-2.O=C(OCc1ccccc1)c1ccc2c(c1)C(Cl)(Cl)c1cc(C(=O)OCc3ccccc3)ccc1-2. The van der Waals surface area contributed by atoms with Gasteiger partial charge in [0.05, 0.1) is 35.5 Å². The van der Waals surface area contributed by atoms with Crippen molar-refractivity contribution in [2.45, 2.75) is 55.0 Å². The van der Waals surface area contributed by atoms with Crippen molar-refractivity contribution in [3.8, 4) is 22.3 Å². The van der Waals surface area contributed by atoms with E-state index in [1.807, 2.05) is 109 Å². The Hall–Kier alpha value is -7.20. The molecule has 0 N–H and O–H groups in total. The van der Waals surface area contributed by atoms with Crippen LogP contribution in [0.1, 0.15) is 106 Å². The van der Waals surface area contributed by atoms with Gasteiger partial charge in [0.25, 0.3) is 0 Å². The smallest absolute Gasteiger partial charge is 0.338 e. The maximum Gasteiger partial charge on any atom is 0.338 e. The van der Waals surface area contributed by atoms with Crippen molar-refractivity contribution in [1.82, 2.24) is 0 Å². The van der Waals surface area contributed by atoms with Gasteiger partial charge in [-0.15, -0.1) is 0 Å². The monoisotopic (exact) mass is 1080 g/mol. The van der Waals surface area contributed by atoms with Gasteiger partial charge in [-0.25, -0.2) is 19.2 Å². The molecule has 0 bridgehead atoms. The fourth-order valence-corrected chi connectivity index (χ4v) is 10.2. The first-order chi connectivity index (χ1) is 35.9. The van der Waals surface area contributed by atoms with Crippen molar-refractivity contribution in [2.24, 2.45) is 0 Å². The van der Waals surface area contributed by atoms with Crippen LogP contribution in [0.2, 0.25) is 0 Å². The summed E-state index contributed by atoms with van der Waals surface area (Å²) in [6.07, 6.45) is 3.12. The Morgan fingerprint density at radius 2 is 0.587 bits per heavy atom. The normalized spacial score (nSPS) is 12.7. The molecule has 0 fully saturated rings. The summed E-state index contributed by atoms with van der Waals surface area (Å²) in [5, 5.41) is 0. The van der Waals surface area contributed by atoms with Crippen LogP contribution >= 0.6 is 46.4 Å². The molecule has 8 aromatic carbocycles. The first-order valence-electron chi connectivity index (χ1n) is 24.1. The molecule has 8 aromatic rings. The van der Waals surface area contributed by atoms with Crippen LogP contribution in [-0.2, 0) is 53.7 Å². The number of hydrogen-bond donors (Lipinski definition) is 0. The van der Waals surface area contributed by atoms with Crippen LogP contribution in [0.3, 0.4) is 0 Å². The highest BCUT2D eigenvalue weighted by Gasteiger charge is 2.42.